The van der Waals surface area contributed by atoms with Gasteiger partial charge in [-0.3, -0.25) is 0 Å². The SMILES string of the molecule is C=C(OCCOC)N1CCCC(C(C)C)CC1. The Morgan fingerprint density at radius 2 is 2.06 bits per heavy atom. The van der Waals surface area contributed by atoms with Crippen LogP contribution in [0.2, 0.25) is 0 Å². The summed E-state index contributed by atoms with van der Waals surface area (Å²) >= 11 is 0. The summed E-state index contributed by atoms with van der Waals surface area (Å²) in [7, 11) is 1.69. The van der Waals surface area contributed by atoms with Crippen LogP contribution in [-0.4, -0.2) is 38.3 Å². The van der Waals surface area contributed by atoms with Crippen LogP contribution in [0.5, 0.6) is 0 Å². The molecule has 0 saturated carbocycles. The molecule has 0 aromatic carbocycles. The van der Waals surface area contributed by atoms with E-state index >= 15 is 0 Å². The Hall–Kier alpha value is -0.700. The largest absolute Gasteiger partial charge is 0.477 e. The molecule has 1 heterocycles. The normalized spacial score (nSPS) is 21.4. The van der Waals surface area contributed by atoms with Crippen LogP contribution < -0.4 is 0 Å². The Morgan fingerprint density at radius 1 is 1.29 bits per heavy atom. The maximum Gasteiger partial charge on any atom is 0.181 e. The van der Waals surface area contributed by atoms with Crippen LogP contribution in [0.1, 0.15) is 33.1 Å². The maximum absolute atomic E-state index is 5.58. The Labute approximate surface area is 106 Å². The van der Waals surface area contributed by atoms with Gasteiger partial charge in [-0.2, -0.15) is 0 Å². The smallest absolute Gasteiger partial charge is 0.181 e. The van der Waals surface area contributed by atoms with Gasteiger partial charge in [0, 0.05) is 20.2 Å². The van der Waals surface area contributed by atoms with Gasteiger partial charge in [-0.05, 0) is 37.7 Å². The number of methoxy groups -OCH3 is 1. The zero-order chi connectivity index (χ0) is 12.7. The van der Waals surface area contributed by atoms with Crippen LogP contribution in [0.3, 0.4) is 0 Å². The minimum atomic E-state index is 0.597. The van der Waals surface area contributed by atoms with Gasteiger partial charge in [0.2, 0.25) is 0 Å². The Morgan fingerprint density at radius 3 is 2.71 bits per heavy atom. The fourth-order valence-corrected chi connectivity index (χ4v) is 2.37. The van der Waals surface area contributed by atoms with Crippen LogP contribution in [0.4, 0.5) is 0 Å². The van der Waals surface area contributed by atoms with E-state index in [0.717, 1.165) is 30.8 Å². The summed E-state index contributed by atoms with van der Waals surface area (Å²) < 4.78 is 10.5. The lowest BCUT2D eigenvalue weighted by Crippen LogP contribution is -2.26. The van der Waals surface area contributed by atoms with Gasteiger partial charge in [0.05, 0.1) is 6.61 Å². The van der Waals surface area contributed by atoms with Crippen LogP contribution >= 0.6 is 0 Å². The van der Waals surface area contributed by atoms with E-state index < -0.39 is 0 Å². The molecule has 17 heavy (non-hydrogen) atoms. The van der Waals surface area contributed by atoms with E-state index in [1.807, 2.05) is 0 Å². The predicted octanol–water partition coefficient (Wildman–Crippen LogP) is 2.88. The molecule has 1 rings (SSSR count). The van der Waals surface area contributed by atoms with Crippen molar-refractivity contribution in [1.29, 1.82) is 0 Å². The molecule has 0 aromatic heterocycles. The summed E-state index contributed by atoms with van der Waals surface area (Å²) in [6.45, 7) is 12.0. The lowest BCUT2D eigenvalue weighted by molar-refractivity contribution is 0.0672. The highest BCUT2D eigenvalue weighted by atomic mass is 16.5. The summed E-state index contributed by atoms with van der Waals surface area (Å²) in [4.78, 5) is 2.28. The van der Waals surface area contributed by atoms with E-state index in [4.69, 9.17) is 9.47 Å². The molecule has 1 saturated heterocycles. The molecule has 0 aromatic rings. The molecular weight excluding hydrogens is 214 g/mol. The number of likely N-dealkylation sites (tertiary alicyclic amines) is 1. The van der Waals surface area contributed by atoms with Gasteiger partial charge < -0.3 is 14.4 Å². The molecule has 100 valence electrons. The van der Waals surface area contributed by atoms with E-state index in [2.05, 4.69) is 25.3 Å². The van der Waals surface area contributed by atoms with Gasteiger partial charge in [0.15, 0.2) is 5.88 Å². The molecular formula is C14H27NO2. The predicted molar refractivity (Wildman–Crippen MR) is 70.7 cm³/mol. The molecule has 3 heteroatoms. The van der Waals surface area contributed by atoms with Gasteiger partial charge in [-0.25, -0.2) is 0 Å². The van der Waals surface area contributed by atoms with E-state index in [1.54, 1.807) is 7.11 Å². The Balaban J connectivity index is 2.32. The zero-order valence-corrected chi connectivity index (χ0v) is 11.6. The zero-order valence-electron chi connectivity index (χ0n) is 11.6. The molecule has 0 aliphatic carbocycles. The van der Waals surface area contributed by atoms with Crippen LogP contribution in [0.25, 0.3) is 0 Å². The van der Waals surface area contributed by atoms with Crippen molar-refractivity contribution in [1.82, 2.24) is 4.90 Å². The fourth-order valence-electron chi connectivity index (χ4n) is 2.37. The molecule has 1 atom stereocenters. The molecule has 1 unspecified atom stereocenters. The van der Waals surface area contributed by atoms with Crippen molar-refractivity contribution in [2.75, 3.05) is 33.4 Å². The van der Waals surface area contributed by atoms with Crippen molar-refractivity contribution in [3.63, 3.8) is 0 Å². The summed E-state index contributed by atoms with van der Waals surface area (Å²) in [6, 6.07) is 0. The third kappa shape index (κ3) is 4.99. The highest BCUT2D eigenvalue weighted by molar-refractivity contribution is 4.86. The average Bonchev–Trinajstić information content (AvgIpc) is 2.54. The van der Waals surface area contributed by atoms with Crippen LogP contribution in [0.15, 0.2) is 12.5 Å². The van der Waals surface area contributed by atoms with Crippen LogP contribution in [0, 0.1) is 11.8 Å². The highest BCUT2D eigenvalue weighted by Gasteiger charge is 2.20. The molecule has 0 amide bonds. The van der Waals surface area contributed by atoms with Crippen molar-refractivity contribution in [2.45, 2.75) is 33.1 Å². The van der Waals surface area contributed by atoms with Crippen molar-refractivity contribution < 1.29 is 9.47 Å². The first kappa shape index (κ1) is 14.4. The molecule has 0 N–H and O–H groups in total. The van der Waals surface area contributed by atoms with E-state index in [9.17, 15) is 0 Å². The van der Waals surface area contributed by atoms with Crippen molar-refractivity contribution in [2.24, 2.45) is 11.8 Å². The lowest BCUT2D eigenvalue weighted by Gasteiger charge is -2.25. The number of nitrogens with zero attached hydrogens (tertiary/aromatic N) is 1. The van der Waals surface area contributed by atoms with E-state index in [0.29, 0.717) is 13.2 Å². The molecule has 0 bridgehead atoms. The van der Waals surface area contributed by atoms with Gasteiger partial charge in [0.25, 0.3) is 0 Å². The van der Waals surface area contributed by atoms with Crippen molar-refractivity contribution >= 4 is 0 Å². The third-order valence-corrected chi connectivity index (χ3v) is 3.62. The first-order chi connectivity index (χ1) is 8.15. The second kappa shape index (κ2) is 7.59. The maximum atomic E-state index is 5.58. The topological polar surface area (TPSA) is 21.7 Å². The number of hydrogen-bond acceptors (Lipinski definition) is 3. The molecule has 1 aliphatic rings. The first-order valence-electron chi connectivity index (χ1n) is 6.70. The minimum absolute atomic E-state index is 0.597. The Kier molecular flexibility index (Phi) is 6.41. The standard InChI is InChI=1S/C14H27NO2/c1-12(2)14-6-5-8-15(9-7-14)13(3)17-11-10-16-4/h12,14H,3,5-11H2,1-2,4H3. The van der Waals surface area contributed by atoms with Gasteiger partial charge >= 0.3 is 0 Å². The lowest BCUT2D eigenvalue weighted by atomic mass is 9.89. The molecule has 1 fully saturated rings. The first-order valence-corrected chi connectivity index (χ1v) is 6.70. The summed E-state index contributed by atoms with van der Waals surface area (Å²) in [5, 5.41) is 0. The molecule has 0 radical (unpaired) electrons. The third-order valence-electron chi connectivity index (χ3n) is 3.62. The van der Waals surface area contributed by atoms with Gasteiger partial charge in [-0.15, -0.1) is 0 Å². The van der Waals surface area contributed by atoms with Gasteiger partial charge in [0.1, 0.15) is 6.61 Å². The molecule has 0 spiro atoms. The highest BCUT2D eigenvalue weighted by Crippen LogP contribution is 2.25. The summed E-state index contributed by atoms with van der Waals surface area (Å²) in [5.74, 6) is 2.45. The average molecular weight is 241 g/mol. The minimum Gasteiger partial charge on any atom is -0.477 e. The van der Waals surface area contributed by atoms with E-state index in [-0.39, 0.29) is 0 Å². The second-order valence-electron chi connectivity index (χ2n) is 5.16. The molecule has 3 nitrogen and oxygen atoms in total. The second-order valence-corrected chi connectivity index (χ2v) is 5.16. The number of hydrogen-bond donors (Lipinski definition) is 0. The summed E-state index contributed by atoms with van der Waals surface area (Å²) in [6.07, 6.45) is 3.83. The number of rotatable bonds is 6. The number of ether oxygens (including phenoxy) is 2. The van der Waals surface area contributed by atoms with Crippen molar-refractivity contribution in [3.05, 3.63) is 12.5 Å². The molecule has 1 aliphatic heterocycles. The van der Waals surface area contributed by atoms with Crippen molar-refractivity contribution in [3.8, 4) is 0 Å². The monoisotopic (exact) mass is 241 g/mol. The van der Waals surface area contributed by atoms with Crippen LogP contribution in [-0.2, 0) is 9.47 Å². The fraction of sp³-hybridized carbons (Fsp3) is 0.857. The van der Waals surface area contributed by atoms with E-state index in [1.165, 1.54) is 19.3 Å². The quantitative estimate of drug-likeness (QED) is 0.527. The van der Waals surface area contributed by atoms with Gasteiger partial charge in [-0.1, -0.05) is 13.8 Å². The summed E-state index contributed by atoms with van der Waals surface area (Å²) in [5.41, 5.74) is 0. The Bertz CT molecular complexity index is 228.